The molecule has 9 nitrogen and oxygen atoms in total. The molecule has 6 aromatic rings. The van der Waals surface area contributed by atoms with Crippen LogP contribution in [0.5, 0.6) is 0 Å². The zero-order valence-electron chi connectivity index (χ0n) is 21.9. The van der Waals surface area contributed by atoms with Crippen LogP contribution in [-0.4, -0.2) is 38.5 Å². The second-order valence-electron chi connectivity index (χ2n) is 9.36. The summed E-state index contributed by atoms with van der Waals surface area (Å²) in [6, 6.07) is 24.7. The molecule has 0 saturated carbocycles. The van der Waals surface area contributed by atoms with Crippen LogP contribution in [0.3, 0.4) is 0 Å². The first-order valence-electron chi connectivity index (χ1n) is 12.8. The highest BCUT2D eigenvalue weighted by molar-refractivity contribution is 6.07. The van der Waals surface area contributed by atoms with Crippen molar-refractivity contribution in [2.45, 2.75) is 6.42 Å². The summed E-state index contributed by atoms with van der Waals surface area (Å²) >= 11 is 0. The summed E-state index contributed by atoms with van der Waals surface area (Å²) in [6.07, 6.45) is 5.31. The fourth-order valence-electron chi connectivity index (χ4n) is 4.68. The lowest BCUT2D eigenvalue weighted by atomic mass is 10.0. The largest absolute Gasteiger partial charge is 0.465 e. The summed E-state index contributed by atoms with van der Waals surface area (Å²) in [5.74, 6) is -0.738. The van der Waals surface area contributed by atoms with E-state index in [1.54, 1.807) is 85.3 Å². The second-order valence-corrected chi connectivity index (χ2v) is 9.36. The number of ether oxygens (including phenoxy) is 1. The average Bonchev–Trinajstić information content (AvgIpc) is 3.01. The average molecular weight is 542 g/mol. The third-order valence-corrected chi connectivity index (χ3v) is 6.66. The van der Waals surface area contributed by atoms with Crippen molar-refractivity contribution in [1.82, 2.24) is 19.5 Å². The molecule has 200 valence electrons. The molecule has 0 saturated heterocycles. The van der Waals surface area contributed by atoms with Gasteiger partial charge >= 0.3 is 5.97 Å². The molecule has 3 aromatic heterocycles. The lowest BCUT2D eigenvalue weighted by Crippen LogP contribution is -2.25. The van der Waals surface area contributed by atoms with E-state index in [9.17, 15) is 14.4 Å². The number of nitrogens with zero attached hydrogens (tertiary/aromatic N) is 4. The standard InChI is InChI=1S/C32H23N5O4/c1-41-32(40)24-12-10-21-16-23(11-9-22(21)17-24)30(38)35-25-6-2-7-26(18-25)37-29-27(8-4-14-34-29)36-28(31(37)39)15-20-5-3-13-33-19-20/h2-14,16-19H,15H2,1H3,(H,35,38). The van der Waals surface area contributed by atoms with Crippen molar-refractivity contribution in [1.29, 1.82) is 0 Å². The number of hydrogen-bond acceptors (Lipinski definition) is 7. The molecule has 3 heterocycles. The Morgan fingerprint density at radius 1 is 0.878 bits per heavy atom. The predicted molar refractivity (Wildman–Crippen MR) is 155 cm³/mol. The van der Waals surface area contributed by atoms with Gasteiger partial charge in [0.1, 0.15) is 11.2 Å². The van der Waals surface area contributed by atoms with Gasteiger partial charge in [-0.15, -0.1) is 0 Å². The lowest BCUT2D eigenvalue weighted by Gasteiger charge is -2.13. The van der Waals surface area contributed by atoms with Crippen LogP contribution >= 0.6 is 0 Å². The molecule has 0 radical (unpaired) electrons. The van der Waals surface area contributed by atoms with Crippen molar-refractivity contribution in [3.63, 3.8) is 0 Å². The number of fused-ring (bicyclic) bond motifs is 2. The molecule has 0 unspecified atom stereocenters. The van der Waals surface area contributed by atoms with Crippen LogP contribution in [-0.2, 0) is 11.2 Å². The highest BCUT2D eigenvalue weighted by Crippen LogP contribution is 2.22. The van der Waals surface area contributed by atoms with E-state index in [2.05, 4.69) is 20.3 Å². The van der Waals surface area contributed by atoms with Gasteiger partial charge in [0, 0.05) is 36.3 Å². The lowest BCUT2D eigenvalue weighted by molar-refractivity contribution is 0.0600. The van der Waals surface area contributed by atoms with Crippen molar-refractivity contribution in [2.24, 2.45) is 0 Å². The van der Waals surface area contributed by atoms with Gasteiger partial charge in [-0.25, -0.2) is 14.8 Å². The number of hydrogen-bond donors (Lipinski definition) is 1. The number of pyridine rings is 2. The van der Waals surface area contributed by atoms with Gasteiger partial charge in [0.05, 0.1) is 18.4 Å². The molecule has 3 aromatic carbocycles. The number of carbonyl (C=O) groups is 2. The summed E-state index contributed by atoms with van der Waals surface area (Å²) in [6.45, 7) is 0. The summed E-state index contributed by atoms with van der Waals surface area (Å²) in [5, 5.41) is 4.54. The first kappa shape index (κ1) is 25.6. The van der Waals surface area contributed by atoms with E-state index in [0.29, 0.717) is 45.8 Å². The number of carbonyl (C=O) groups excluding carboxylic acids is 2. The van der Waals surface area contributed by atoms with E-state index >= 15 is 0 Å². The molecule has 0 fully saturated rings. The SMILES string of the molecule is COC(=O)c1ccc2cc(C(=O)Nc3cccc(-n4c(=O)c(Cc5cccnc5)nc5cccnc54)c3)ccc2c1. The molecular weight excluding hydrogens is 518 g/mol. The highest BCUT2D eigenvalue weighted by Gasteiger charge is 2.16. The van der Waals surface area contributed by atoms with Crippen LogP contribution in [0.25, 0.3) is 27.6 Å². The van der Waals surface area contributed by atoms with Crippen molar-refractivity contribution in [3.8, 4) is 5.69 Å². The number of benzene rings is 3. The second kappa shape index (κ2) is 10.8. The fourth-order valence-corrected chi connectivity index (χ4v) is 4.68. The van der Waals surface area contributed by atoms with Crippen molar-refractivity contribution in [3.05, 3.63) is 136 Å². The predicted octanol–water partition coefficient (Wildman–Crippen LogP) is 4.96. The van der Waals surface area contributed by atoms with Gasteiger partial charge in [-0.2, -0.15) is 0 Å². The van der Waals surface area contributed by atoms with E-state index < -0.39 is 5.97 Å². The number of nitrogens with one attached hydrogen (secondary N) is 1. The van der Waals surface area contributed by atoms with E-state index in [0.717, 1.165) is 16.3 Å². The summed E-state index contributed by atoms with van der Waals surface area (Å²) < 4.78 is 6.30. The van der Waals surface area contributed by atoms with Crippen LogP contribution in [0.1, 0.15) is 32.0 Å². The number of rotatable bonds is 6. The molecule has 41 heavy (non-hydrogen) atoms. The molecule has 1 N–H and O–H groups in total. The third kappa shape index (κ3) is 5.16. The van der Waals surface area contributed by atoms with Gasteiger partial charge in [-0.1, -0.05) is 24.3 Å². The fraction of sp³-hybridized carbons (Fsp3) is 0.0625. The maximum absolute atomic E-state index is 13.7. The van der Waals surface area contributed by atoms with Crippen molar-refractivity contribution >= 4 is 39.5 Å². The van der Waals surface area contributed by atoms with Crippen LogP contribution in [0.2, 0.25) is 0 Å². The van der Waals surface area contributed by atoms with Gasteiger partial charge in [-0.3, -0.25) is 19.1 Å². The molecule has 6 rings (SSSR count). The van der Waals surface area contributed by atoms with Crippen LogP contribution in [0.15, 0.2) is 108 Å². The van der Waals surface area contributed by atoms with Crippen LogP contribution in [0.4, 0.5) is 5.69 Å². The summed E-state index contributed by atoms with van der Waals surface area (Å²) in [5.41, 5.74) is 3.85. The van der Waals surface area contributed by atoms with E-state index in [-0.39, 0.29) is 11.5 Å². The summed E-state index contributed by atoms with van der Waals surface area (Å²) in [4.78, 5) is 51.9. The minimum atomic E-state index is -0.422. The Morgan fingerprint density at radius 3 is 2.44 bits per heavy atom. The van der Waals surface area contributed by atoms with Crippen molar-refractivity contribution in [2.75, 3.05) is 12.4 Å². The van der Waals surface area contributed by atoms with Gasteiger partial charge in [0.2, 0.25) is 0 Å². The van der Waals surface area contributed by atoms with Crippen molar-refractivity contribution < 1.29 is 14.3 Å². The minimum absolute atomic E-state index is 0.301. The molecule has 0 aliphatic heterocycles. The number of anilines is 1. The highest BCUT2D eigenvalue weighted by atomic mass is 16.5. The number of aromatic nitrogens is 4. The van der Waals surface area contributed by atoms with E-state index in [1.807, 2.05) is 18.2 Å². The number of amides is 1. The topological polar surface area (TPSA) is 116 Å². The zero-order chi connectivity index (χ0) is 28.3. The summed E-state index contributed by atoms with van der Waals surface area (Å²) in [7, 11) is 1.33. The number of esters is 1. The Morgan fingerprint density at radius 2 is 1.66 bits per heavy atom. The molecule has 0 aliphatic rings. The van der Waals surface area contributed by atoms with E-state index in [4.69, 9.17) is 4.74 Å². The number of methoxy groups -OCH3 is 1. The zero-order valence-corrected chi connectivity index (χ0v) is 21.9. The first-order chi connectivity index (χ1) is 20.0. The molecule has 0 atom stereocenters. The molecule has 1 amide bonds. The molecule has 0 bridgehead atoms. The normalized spacial score (nSPS) is 11.0. The Hall–Kier alpha value is -5.70. The van der Waals surface area contributed by atoms with Gasteiger partial charge in [0.15, 0.2) is 5.65 Å². The quantitative estimate of drug-likeness (QED) is 0.296. The molecule has 0 spiro atoms. The third-order valence-electron chi connectivity index (χ3n) is 6.66. The Labute approximate surface area is 234 Å². The first-order valence-corrected chi connectivity index (χ1v) is 12.8. The van der Waals surface area contributed by atoms with Crippen LogP contribution in [0, 0.1) is 0 Å². The van der Waals surface area contributed by atoms with Gasteiger partial charge in [0.25, 0.3) is 11.5 Å². The van der Waals surface area contributed by atoms with Crippen LogP contribution < -0.4 is 10.9 Å². The maximum Gasteiger partial charge on any atom is 0.337 e. The maximum atomic E-state index is 13.7. The Bertz CT molecular complexity index is 2000. The minimum Gasteiger partial charge on any atom is -0.465 e. The van der Waals surface area contributed by atoms with Gasteiger partial charge in [-0.05, 0) is 77.0 Å². The Balaban J connectivity index is 1.33. The van der Waals surface area contributed by atoms with Gasteiger partial charge < -0.3 is 10.1 Å². The molecule has 0 aliphatic carbocycles. The Kier molecular flexibility index (Phi) is 6.75. The molecule has 9 heteroatoms. The van der Waals surface area contributed by atoms with E-state index in [1.165, 1.54) is 11.7 Å². The molecular formula is C32H23N5O4. The monoisotopic (exact) mass is 541 g/mol. The smallest absolute Gasteiger partial charge is 0.337 e.